The van der Waals surface area contributed by atoms with Crippen LogP contribution in [0.5, 0.6) is 0 Å². The summed E-state index contributed by atoms with van der Waals surface area (Å²) in [6.45, 7) is 3.88. The zero-order valence-corrected chi connectivity index (χ0v) is 10.1. The normalized spacial score (nSPS) is 10.4. The molecule has 0 saturated heterocycles. The van der Waals surface area contributed by atoms with Gasteiger partial charge in [-0.3, -0.25) is 4.79 Å². The van der Waals surface area contributed by atoms with Crippen molar-refractivity contribution >= 4 is 22.8 Å². The second kappa shape index (κ2) is 4.10. The molecule has 0 radical (unpaired) electrons. The molecule has 16 heavy (non-hydrogen) atoms. The highest BCUT2D eigenvalue weighted by molar-refractivity contribution is 7.10. The number of anilines is 1. The second-order valence-corrected chi connectivity index (χ2v) is 4.91. The van der Waals surface area contributed by atoms with Crippen molar-refractivity contribution in [2.24, 2.45) is 0 Å². The van der Waals surface area contributed by atoms with E-state index >= 15 is 0 Å². The number of carbonyl (C=O) groups is 1. The van der Waals surface area contributed by atoms with Gasteiger partial charge in [0.25, 0.3) is 0 Å². The van der Waals surface area contributed by atoms with E-state index in [0.717, 1.165) is 16.0 Å². The zero-order valence-electron chi connectivity index (χ0n) is 9.28. The first-order valence-electron chi connectivity index (χ1n) is 5.04. The molecule has 0 spiro atoms. The van der Waals surface area contributed by atoms with E-state index in [1.807, 2.05) is 37.4 Å². The highest BCUT2D eigenvalue weighted by atomic mass is 32.1. The number of benzene rings is 1. The standard InChI is InChI=1S/C13H13NOS/c1-8-3-4-10(7-12(8)14)13(15)11-5-6-16-9(11)2/h3-7H,14H2,1-2H3. The highest BCUT2D eigenvalue weighted by Crippen LogP contribution is 2.21. The Morgan fingerprint density at radius 3 is 2.56 bits per heavy atom. The van der Waals surface area contributed by atoms with Crippen LogP contribution in [-0.2, 0) is 0 Å². The van der Waals surface area contributed by atoms with Gasteiger partial charge in [0.2, 0.25) is 0 Å². The number of carbonyl (C=O) groups excluding carboxylic acids is 1. The van der Waals surface area contributed by atoms with Crippen molar-refractivity contribution in [2.45, 2.75) is 13.8 Å². The topological polar surface area (TPSA) is 43.1 Å². The first kappa shape index (κ1) is 10.9. The minimum absolute atomic E-state index is 0.0467. The molecule has 0 saturated carbocycles. The third-order valence-electron chi connectivity index (χ3n) is 2.64. The molecule has 0 fully saturated rings. The fourth-order valence-corrected chi connectivity index (χ4v) is 2.25. The van der Waals surface area contributed by atoms with Crippen LogP contribution in [0.15, 0.2) is 29.6 Å². The molecule has 0 aliphatic heterocycles. The monoisotopic (exact) mass is 231 g/mol. The van der Waals surface area contributed by atoms with Gasteiger partial charge in [-0.25, -0.2) is 0 Å². The first-order valence-corrected chi connectivity index (χ1v) is 5.92. The van der Waals surface area contributed by atoms with Gasteiger partial charge in [-0.15, -0.1) is 11.3 Å². The van der Waals surface area contributed by atoms with Gasteiger partial charge in [-0.05, 0) is 36.9 Å². The van der Waals surface area contributed by atoms with Gasteiger partial charge in [0, 0.05) is 21.7 Å². The molecule has 2 rings (SSSR count). The average molecular weight is 231 g/mol. The van der Waals surface area contributed by atoms with Gasteiger partial charge < -0.3 is 5.73 Å². The maximum absolute atomic E-state index is 12.1. The summed E-state index contributed by atoms with van der Waals surface area (Å²) in [5.41, 5.74) is 8.89. The number of nitrogen functional groups attached to an aromatic ring is 1. The Kier molecular flexibility index (Phi) is 2.79. The Balaban J connectivity index is 2.42. The molecule has 0 unspecified atom stereocenters. The highest BCUT2D eigenvalue weighted by Gasteiger charge is 2.12. The van der Waals surface area contributed by atoms with Gasteiger partial charge in [0.1, 0.15) is 0 Å². The lowest BCUT2D eigenvalue weighted by Crippen LogP contribution is -2.02. The van der Waals surface area contributed by atoms with E-state index < -0.39 is 0 Å². The molecule has 2 nitrogen and oxygen atoms in total. The Hall–Kier alpha value is -1.61. The molecule has 0 aliphatic carbocycles. The van der Waals surface area contributed by atoms with E-state index in [0.29, 0.717) is 11.3 Å². The Labute approximate surface area is 98.7 Å². The summed E-state index contributed by atoms with van der Waals surface area (Å²) in [5.74, 6) is 0.0467. The maximum Gasteiger partial charge on any atom is 0.194 e. The van der Waals surface area contributed by atoms with Crippen LogP contribution >= 0.6 is 11.3 Å². The predicted molar refractivity (Wildman–Crippen MR) is 68.1 cm³/mol. The van der Waals surface area contributed by atoms with Gasteiger partial charge >= 0.3 is 0 Å². The summed E-state index contributed by atoms with van der Waals surface area (Å²) in [6, 6.07) is 7.31. The maximum atomic E-state index is 12.1. The van der Waals surface area contributed by atoms with E-state index in [1.165, 1.54) is 0 Å². The third kappa shape index (κ3) is 1.86. The van der Waals surface area contributed by atoms with Crippen molar-refractivity contribution in [3.63, 3.8) is 0 Å². The summed E-state index contributed by atoms with van der Waals surface area (Å²) < 4.78 is 0. The van der Waals surface area contributed by atoms with Crippen LogP contribution in [-0.4, -0.2) is 5.78 Å². The predicted octanol–water partition coefficient (Wildman–Crippen LogP) is 3.18. The van der Waals surface area contributed by atoms with Crippen LogP contribution in [0, 0.1) is 13.8 Å². The Morgan fingerprint density at radius 1 is 1.25 bits per heavy atom. The zero-order chi connectivity index (χ0) is 11.7. The van der Waals surface area contributed by atoms with Crippen LogP contribution in [0.2, 0.25) is 0 Å². The van der Waals surface area contributed by atoms with Crippen molar-refractivity contribution in [3.8, 4) is 0 Å². The molecule has 2 N–H and O–H groups in total. The second-order valence-electron chi connectivity index (χ2n) is 3.79. The number of hydrogen-bond donors (Lipinski definition) is 1. The summed E-state index contributed by atoms with van der Waals surface area (Å²) in [7, 11) is 0. The van der Waals surface area contributed by atoms with Crippen molar-refractivity contribution in [2.75, 3.05) is 5.73 Å². The van der Waals surface area contributed by atoms with Crippen LogP contribution in [0.1, 0.15) is 26.4 Å². The summed E-state index contributed by atoms with van der Waals surface area (Å²) in [5, 5.41) is 1.93. The fraction of sp³-hybridized carbons (Fsp3) is 0.154. The van der Waals surface area contributed by atoms with Crippen LogP contribution < -0.4 is 5.73 Å². The van der Waals surface area contributed by atoms with Crippen LogP contribution in [0.3, 0.4) is 0 Å². The Bertz CT molecular complexity index is 543. The van der Waals surface area contributed by atoms with Crippen molar-refractivity contribution < 1.29 is 4.79 Å². The molecule has 1 aromatic heterocycles. The molecule has 3 heteroatoms. The van der Waals surface area contributed by atoms with Crippen LogP contribution in [0.25, 0.3) is 0 Å². The van der Waals surface area contributed by atoms with E-state index in [2.05, 4.69) is 0 Å². The lowest BCUT2D eigenvalue weighted by molar-refractivity contribution is 0.103. The molecule has 1 aromatic carbocycles. The van der Waals surface area contributed by atoms with E-state index in [-0.39, 0.29) is 5.78 Å². The lowest BCUT2D eigenvalue weighted by atomic mass is 10.0. The van der Waals surface area contributed by atoms with E-state index in [9.17, 15) is 4.79 Å². The molecule has 0 amide bonds. The number of hydrogen-bond acceptors (Lipinski definition) is 3. The quantitative estimate of drug-likeness (QED) is 0.637. The van der Waals surface area contributed by atoms with Crippen molar-refractivity contribution in [3.05, 3.63) is 51.2 Å². The molecule has 0 bridgehead atoms. The number of ketones is 1. The number of rotatable bonds is 2. The molecular formula is C13H13NOS. The SMILES string of the molecule is Cc1ccc(C(=O)c2ccsc2C)cc1N. The minimum Gasteiger partial charge on any atom is -0.398 e. The average Bonchev–Trinajstić information content (AvgIpc) is 2.67. The molecule has 2 aromatic rings. The first-order chi connectivity index (χ1) is 7.59. The van der Waals surface area contributed by atoms with Gasteiger partial charge in [-0.1, -0.05) is 12.1 Å². The van der Waals surface area contributed by atoms with Crippen LogP contribution in [0.4, 0.5) is 5.69 Å². The molecular weight excluding hydrogens is 218 g/mol. The summed E-state index contributed by atoms with van der Waals surface area (Å²) in [4.78, 5) is 13.2. The van der Waals surface area contributed by atoms with E-state index in [1.54, 1.807) is 17.4 Å². The molecule has 0 aliphatic rings. The molecule has 0 atom stereocenters. The smallest absolute Gasteiger partial charge is 0.194 e. The number of thiophene rings is 1. The van der Waals surface area contributed by atoms with E-state index in [4.69, 9.17) is 5.73 Å². The summed E-state index contributed by atoms with van der Waals surface area (Å²) in [6.07, 6.45) is 0. The Morgan fingerprint density at radius 2 is 2.00 bits per heavy atom. The number of nitrogens with two attached hydrogens (primary N) is 1. The third-order valence-corrected chi connectivity index (χ3v) is 3.49. The number of aryl methyl sites for hydroxylation is 2. The lowest BCUT2D eigenvalue weighted by Gasteiger charge is -2.04. The van der Waals surface area contributed by atoms with Gasteiger partial charge in [-0.2, -0.15) is 0 Å². The fourth-order valence-electron chi connectivity index (χ4n) is 1.56. The molecule has 82 valence electrons. The van der Waals surface area contributed by atoms with Gasteiger partial charge in [0.15, 0.2) is 5.78 Å². The minimum atomic E-state index is 0.0467. The largest absolute Gasteiger partial charge is 0.398 e. The van der Waals surface area contributed by atoms with Crippen molar-refractivity contribution in [1.82, 2.24) is 0 Å². The molecule has 1 heterocycles. The summed E-state index contributed by atoms with van der Waals surface area (Å²) >= 11 is 1.58. The van der Waals surface area contributed by atoms with Gasteiger partial charge in [0.05, 0.1) is 0 Å². The van der Waals surface area contributed by atoms with Crippen molar-refractivity contribution in [1.29, 1.82) is 0 Å².